The molecule has 1 atom stereocenters. The summed E-state index contributed by atoms with van der Waals surface area (Å²) < 4.78 is 12.8. The number of carbonyl (C=O) groups excluding carboxylic acids is 2. The van der Waals surface area contributed by atoms with Gasteiger partial charge in [-0.3, -0.25) is 9.59 Å². The summed E-state index contributed by atoms with van der Waals surface area (Å²) in [6, 6.07) is 14.2. The van der Waals surface area contributed by atoms with Crippen LogP contribution in [0.5, 0.6) is 0 Å². The zero-order valence-electron chi connectivity index (χ0n) is 13.0. The third-order valence-corrected chi connectivity index (χ3v) is 3.44. The Morgan fingerprint density at radius 2 is 1.67 bits per heavy atom. The molecule has 0 fully saturated rings. The normalized spacial score (nSPS) is 11.6. The number of aliphatic hydroxyl groups excluding tert-OH is 1. The van der Waals surface area contributed by atoms with Crippen molar-refractivity contribution in [2.75, 3.05) is 13.1 Å². The Morgan fingerprint density at radius 1 is 1.00 bits per heavy atom. The van der Waals surface area contributed by atoms with E-state index in [9.17, 15) is 19.1 Å². The zero-order chi connectivity index (χ0) is 17.4. The highest BCUT2D eigenvalue weighted by Crippen LogP contribution is 2.14. The number of aliphatic hydroxyl groups is 1. The van der Waals surface area contributed by atoms with Crippen LogP contribution in [-0.4, -0.2) is 30.0 Å². The van der Waals surface area contributed by atoms with Gasteiger partial charge in [-0.2, -0.15) is 0 Å². The van der Waals surface area contributed by atoms with Crippen molar-refractivity contribution in [3.8, 4) is 0 Å². The lowest BCUT2D eigenvalue weighted by atomic mass is 10.1. The number of nitrogens with one attached hydrogen (secondary N) is 2. The molecule has 126 valence electrons. The van der Waals surface area contributed by atoms with Gasteiger partial charge in [0.25, 0.3) is 5.91 Å². The number of carbonyl (C=O) groups is 2. The molecule has 0 spiro atoms. The highest BCUT2D eigenvalue weighted by atomic mass is 19.1. The number of rotatable bonds is 7. The van der Waals surface area contributed by atoms with Gasteiger partial charge in [0.15, 0.2) is 0 Å². The van der Waals surface area contributed by atoms with Gasteiger partial charge in [0.05, 0.1) is 12.6 Å². The van der Waals surface area contributed by atoms with Crippen LogP contribution in [-0.2, 0) is 4.79 Å². The molecular weight excluding hydrogens is 311 g/mol. The van der Waals surface area contributed by atoms with Gasteiger partial charge in [0.1, 0.15) is 5.82 Å². The van der Waals surface area contributed by atoms with Crippen molar-refractivity contribution in [2.45, 2.75) is 12.5 Å². The molecule has 0 aliphatic rings. The number of hydrogen-bond acceptors (Lipinski definition) is 3. The highest BCUT2D eigenvalue weighted by Gasteiger charge is 2.10. The Hall–Kier alpha value is -2.73. The van der Waals surface area contributed by atoms with Crippen molar-refractivity contribution in [3.05, 3.63) is 71.5 Å². The number of halogens is 1. The zero-order valence-corrected chi connectivity index (χ0v) is 13.0. The maximum Gasteiger partial charge on any atom is 0.251 e. The molecule has 3 N–H and O–H groups in total. The first-order valence-electron chi connectivity index (χ1n) is 7.60. The summed E-state index contributed by atoms with van der Waals surface area (Å²) in [5.41, 5.74) is 1.07. The van der Waals surface area contributed by atoms with E-state index in [1.807, 2.05) is 30.3 Å². The van der Waals surface area contributed by atoms with Gasteiger partial charge in [-0.05, 0) is 36.2 Å². The average Bonchev–Trinajstić information content (AvgIpc) is 2.61. The molecular formula is C18H19FN2O3. The van der Waals surface area contributed by atoms with Gasteiger partial charge in [-0.25, -0.2) is 4.39 Å². The quantitative estimate of drug-likeness (QED) is 0.724. The lowest BCUT2D eigenvalue weighted by molar-refractivity contribution is -0.120. The fraction of sp³-hybridized carbons (Fsp3) is 0.222. The SMILES string of the molecule is O=C(CNC(=O)c1ccc(F)cc1)NCC[C@@H](O)c1ccccc1. The maximum atomic E-state index is 12.8. The van der Waals surface area contributed by atoms with E-state index in [-0.39, 0.29) is 18.0 Å². The first-order chi connectivity index (χ1) is 11.6. The third kappa shape index (κ3) is 5.48. The minimum absolute atomic E-state index is 0.183. The highest BCUT2D eigenvalue weighted by molar-refractivity contribution is 5.96. The second kappa shape index (κ2) is 8.79. The van der Waals surface area contributed by atoms with Gasteiger partial charge in [0, 0.05) is 12.1 Å². The lowest BCUT2D eigenvalue weighted by Gasteiger charge is -2.12. The van der Waals surface area contributed by atoms with E-state index in [2.05, 4.69) is 10.6 Å². The van der Waals surface area contributed by atoms with Crippen molar-refractivity contribution >= 4 is 11.8 Å². The summed E-state index contributed by atoms with van der Waals surface area (Å²) in [5.74, 6) is -1.23. The number of hydrogen-bond donors (Lipinski definition) is 3. The van der Waals surface area contributed by atoms with E-state index < -0.39 is 17.8 Å². The summed E-state index contributed by atoms with van der Waals surface area (Å²) >= 11 is 0. The van der Waals surface area contributed by atoms with Crippen LogP contribution in [0.25, 0.3) is 0 Å². The minimum Gasteiger partial charge on any atom is -0.388 e. The summed E-state index contributed by atoms with van der Waals surface area (Å²) in [6.07, 6.45) is -0.276. The van der Waals surface area contributed by atoms with Gasteiger partial charge in [-0.15, -0.1) is 0 Å². The average molecular weight is 330 g/mol. The number of benzene rings is 2. The molecule has 24 heavy (non-hydrogen) atoms. The Balaban J connectivity index is 1.68. The number of amides is 2. The second-order valence-electron chi connectivity index (χ2n) is 5.25. The summed E-state index contributed by atoms with van der Waals surface area (Å²) in [4.78, 5) is 23.5. The first-order valence-corrected chi connectivity index (χ1v) is 7.60. The Kier molecular flexibility index (Phi) is 6.45. The van der Waals surface area contributed by atoms with Crippen molar-refractivity contribution in [2.24, 2.45) is 0 Å². The molecule has 0 heterocycles. The van der Waals surface area contributed by atoms with E-state index in [0.717, 1.165) is 5.56 Å². The van der Waals surface area contributed by atoms with E-state index in [0.29, 0.717) is 13.0 Å². The van der Waals surface area contributed by atoms with Crippen LogP contribution in [0.4, 0.5) is 4.39 Å². The van der Waals surface area contributed by atoms with Gasteiger partial charge in [-0.1, -0.05) is 30.3 Å². The molecule has 6 heteroatoms. The molecule has 0 saturated carbocycles. The molecule has 5 nitrogen and oxygen atoms in total. The van der Waals surface area contributed by atoms with E-state index >= 15 is 0 Å². The molecule has 0 aromatic heterocycles. The molecule has 0 aliphatic carbocycles. The van der Waals surface area contributed by atoms with Crippen LogP contribution in [0.3, 0.4) is 0 Å². The van der Waals surface area contributed by atoms with Crippen LogP contribution in [0.1, 0.15) is 28.4 Å². The Bertz CT molecular complexity index is 674. The van der Waals surface area contributed by atoms with Crippen molar-refractivity contribution in [3.63, 3.8) is 0 Å². The largest absolute Gasteiger partial charge is 0.388 e. The molecule has 0 radical (unpaired) electrons. The molecule has 2 amide bonds. The fourth-order valence-corrected chi connectivity index (χ4v) is 2.12. The summed E-state index contributed by atoms with van der Waals surface area (Å²) in [7, 11) is 0. The van der Waals surface area contributed by atoms with Crippen molar-refractivity contribution < 1.29 is 19.1 Å². The fourth-order valence-electron chi connectivity index (χ4n) is 2.12. The van der Waals surface area contributed by atoms with E-state index in [1.165, 1.54) is 24.3 Å². The predicted molar refractivity (Wildman–Crippen MR) is 87.8 cm³/mol. The predicted octanol–water partition coefficient (Wildman–Crippen LogP) is 1.80. The van der Waals surface area contributed by atoms with Crippen LogP contribution >= 0.6 is 0 Å². The Morgan fingerprint density at radius 3 is 2.33 bits per heavy atom. The van der Waals surface area contributed by atoms with Gasteiger partial charge < -0.3 is 15.7 Å². The Labute approximate surface area is 139 Å². The summed E-state index contributed by atoms with van der Waals surface area (Å²) in [6.45, 7) is 0.110. The molecule has 2 rings (SSSR count). The molecule has 0 aliphatic heterocycles. The van der Waals surface area contributed by atoms with Crippen LogP contribution in [0.15, 0.2) is 54.6 Å². The van der Waals surface area contributed by atoms with Gasteiger partial charge >= 0.3 is 0 Å². The molecule has 2 aromatic rings. The topological polar surface area (TPSA) is 78.4 Å². The van der Waals surface area contributed by atoms with Crippen LogP contribution in [0, 0.1) is 5.82 Å². The van der Waals surface area contributed by atoms with Crippen molar-refractivity contribution in [1.29, 1.82) is 0 Å². The first kappa shape index (κ1) is 17.6. The standard InChI is InChI=1S/C18H19FN2O3/c19-15-8-6-14(7-9-15)18(24)21-12-17(23)20-11-10-16(22)13-4-2-1-3-5-13/h1-9,16,22H,10-12H2,(H,20,23)(H,21,24)/t16-/m1/s1. The molecule has 0 saturated heterocycles. The molecule has 2 aromatic carbocycles. The van der Waals surface area contributed by atoms with Crippen LogP contribution < -0.4 is 10.6 Å². The van der Waals surface area contributed by atoms with E-state index in [1.54, 1.807) is 0 Å². The molecule has 0 unspecified atom stereocenters. The smallest absolute Gasteiger partial charge is 0.251 e. The van der Waals surface area contributed by atoms with Gasteiger partial charge in [0.2, 0.25) is 5.91 Å². The summed E-state index contributed by atoms with van der Waals surface area (Å²) in [5, 5.41) is 15.0. The third-order valence-electron chi connectivity index (χ3n) is 3.44. The second-order valence-corrected chi connectivity index (χ2v) is 5.25. The van der Waals surface area contributed by atoms with Crippen molar-refractivity contribution in [1.82, 2.24) is 10.6 Å². The van der Waals surface area contributed by atoms with E-state index in [4.69, 9.17) is 0 Å². The minimum atomic E-state index is -0.652. The molecule has 0 bridgehead atoms. The van der Waals surface area contributed by atoms with Crippen LogP contribution in [0.2, 0.25) is 0 Å². The maximum absolute atomic E-state index is 12.8. The monoisotopic (exact) mass is 330 g/mol. The lowest BCUT2D eigenvalue weighted by Crippen LogP contribution is -2.37.